The first-order valence-corrected chi connectivity index (χ1v) is 10.2. The van der Waals surface area contributed by atoms with E-state index < -0.39 is 0 Å². The second-order valence-corrected chi connectivity index (χ2v) is 7.49. The molecule has 1 heterocycles. The van der Waals surface area contributed by atoms with Gasteiger partial charge in [-0.25, -0.2) is 14.4 Å². The average Bonchev–Trinajstić information content (AvgIpc) is 2.81. The Balaban J connectivity index is 1.39. The van der Waals surface area contributed by atoms with Gasteiger partial charge in [0.2, 0.25) is 0 Å². The molecule has 0 bridgehead atoms. The van der Waals surface area contributed by atoms with Gasteiger partial charge in [-0.05, 0) is 61.4 Å². The summed E-state index contributed by atoms with van der Waals surface area (Å²) in [6.07, 6.45) is 3.28. The van der Waals surface area contributed by atoms with Crippen molar-refractivity contribution in [1.82, 2.24) is 15.3 Å². The summed E-state index contributed by atoms with van der Waals surface area (Å²) in [7, 11) is 0. The predicted molar refractivity (Wildman–Crippen MR) is 121 cm³/mol. The van der Waals surface area contributed by atoms with E-state index in [2.05, 4.69) is 15.3 Å². The van der Waals surface area contributed by atoms with E-state index in [0.717, 1.165) is 16.7 Å². The highest BCUT2D eigenvalue weighted by Crippen LogP contribution is 2.22. The van der Waals surface area contributed by atoms with Gasteiger partial charge >= 0.3 is 6.01 Å². The second-order valence-electron chi connectivity index (χ2n) is 7.49. The molecule has 0 saturated heterocycles. The Hall–Kier alpha value is -4.06. The number of halogens is 1. The van der Waals surface area contributed by atoms with Crippen molar-refractivity contribution in [3.8, 4) is 22.9 Å². The van der Waals surface area contributed by atoms with Gasteiger partial charge in [0, 0.05) is 23.5 Å². The molecule has 4 aromatic rings. The Morgan fingerprint density at radius 3 is 2.12 bits per heavy atom. The smallest absolute Gasteiger partial charge is 0.321 e. The Morgan fingerprint density at radius 1 is 0.875 bits per heavy atom. The Bertz CT molecular complexity index is 1190. The van der Waals surface area contributed by atoms with Gasteiger partial charge in [-0.2, -0.15) is 0 Å². The predicted octanol–water partition coefficient (Wildman–Crippen LogP) is 5.87. The lowest BCUT2D eigenvalue weighted by atomic mass is 10.0. The van der Waals surface area contributed by atoms with Gasteiger partial charge in [0.15, 0.2) is 0 Å². The molecule has 5 nitrogen and oxygen atoms in total. The number of hydrogen-bond acceptors (Lipinski definition) is 4. The first-order valence-electron chi connectivity index (χ1n) is 10.2. The third-order valence-corrected chi connectivity index (χ3v) is 5.06. The van der Waals surface area contributed by atoms with Gasteiger partial charge in [0.1, 0.15) is 11.6 Å². The van der Waals surface area contributed by atoms with E-state index in [0.29, 0.717) is 11.3 Å². The molecule has 6 heteroatoms. The van der Waals surface area contributed by atoms with Crippen molar-refractivity contribution in [3.63, 3.8) is 0 Å². The third kappa shape index (κ3) is 5.16. The van der Waals surface area contributed by atoms with Crippen molar-refractivity contribution in [1.29, 1.82) is 0 Å². The molecule has 1 aromatic heterocycles. The standard InChI is InChI=1S/C26H22FN3O2/c1-17-3-5-19(6-4-17)18(2)30-25(31)21-9-7-20(8-10-21)22-15-28-26(29-16-22)32-24-13-11-23(27)12-14-24/h3-16,18H,1-2H3,(H,30,31)/t18-/m0/s1. The van der Waals surface area contributed by atoms with Crippen LogP contribution in [0.5, 0.6) is 11.8 Å². The molecule has 4 rings (SSSR count). The minimum absolute atomic E-state index is 0.0928. The molecular formula is C26H22FN3O2. The molecule has 0 radical (unpaired) electrons. The lowest BCUT2D eigenvalue weighted by molar-refractivity contribution is 0.0940. The van der Waals surface area contributed by atoms with Gasteiger partial charge in [0.25, 0.3) is 5.91 Å². The summed E-state index contributed by atoms with van der Waals surface area (Å²) in [4.78, 5) is 21.0. The Morgan fingerprint density at radius 2 is 1.50 bits per heavy atom. The molecule has 160 valence electrons. The zero-order valence-corrected chi connectivity index (χ0v) is 17.7. The quantitative estimate of drug-likeness (QED) is 0.418. The number of nitrogens with one attached hydrogen (secondary N) is 1. The van der Waals surface area contributed by atoms with Crippen LogP contribution in [-0.2, 0) is 0 Å². The first kappa shape index (κ1) is 21.2. The van der Waals surface area contributed by atoms with Crippen LogP contribution >= 0.6 is 0 Å². The summed E-state index contributed by atoms with van der Waals surface area (Å²) < 4.78 is 18.5. The van der Waals surface area contributed by atoms with Crippen molar-refractivity contribution in [2.75, 3.05) is 0 Å². The summed E-state index contributed by atoms with van der Waals surface area (Å²) in [5, 5.41) is 3.02. The highest BCUT2D eigenvalue weighted by molar-refractivity contribution is 5.94. The van der Waals surface area contributed by atoms with E-state index in [9.17, 15) is 9.18 Å². The van der Waals surface area contributed by atoms with Crippen LogP contribution in [0.4, 0.5) is 4.39 Å². The minimum Gasteiger partial charge on any atom is -0.424 e. The number of ether oxygens (including phenoxy) is 1. The molecule has 1 atom stereocenters. The molecule has 1 amide bonds. The molecule has 0 aliphatic heterocycles. The van der Waals surface area contributed by atoms with Gasteiger partial charge < -0.3 is 10.1 Å². The topological polar surface area (TPSA) is 64.1 Å². The summed E-state index contributed by atoms with van der Waals surface area (Å²) in [6.45, 7) is 4.00. The second kappa shape index (κ2) is 9.39. The normalized spacial score (nSPS) is 11.6. The SMILES string of the molecule is Cc1ccc([C@H](C)NC(=O)c2ccc(-c3cnc(Oc4ccc(F)cc4)nc3)cc2)cc1. The van der Waals surface area contributed by atoms with E-state index in [1.807, 2.05) is 50.2 Å². The zero-order valence-electron chi connectivity index (χ0n) is 17.7. The van der Waals surface area contributed by atoms with Crippen molar-refractivity contribution in [2.24, 2.45) is 0 Å². The lowest BCUT2D eigenvalue weighted by Gasteiger charge is -2.15. The number of amides is 1. The Labute approximate surface area is 185 Å². The number of nitrogens with zero attached hydrogens (tertiary/aromatic N) is 2. The number of carbonyl (C=O) groups excluding carboxylic acids is 1. The molecule has 0 aliphatic carbocycles. The largest absolute Gasteiger partial charge is 0.424 e. The van der Waals surface area contributed by atoms with E-state index in [1.165, 1.54) is 29.8 Å². The van der Waals surface area contributed by atoms with Crippen LogP contribution in [0.2, 0.25) is 0 Å². The molecule has 1 N–H and O–H groups in total. The zero-order chi connectivity index (χ0) is 22.5. The molecule has 0 aliphatic rings. The van der Waals surface area contributed by atoms with Crippen LogP contribution in [0.15, 0.2) is 85.2 Å². The van der Waals surface area contributed by atoms with Gasteiger partial charge in [-0.15, -0.1) is 0 Å². The maximum Gasteiger partial charge on any atom is 0.321 e. The van der Waals surface area contributed by atoms with Gasteiger partial charge in [-0.1, -0.05) is 42.0 Å². The number of rotatable bonds is 6. The molecule has 0 spiro atoms. The third-order valence-electron chi connectivity index (χ3n) is 5.06. The minimum atomic E-state index is -0.338. The summed E-state index contributed by atoms with van der Waals surface area (Å²) >= 11 is 0. The molecular weight excluding hydrogens is 405 g/mol. The highest BCUT2D eigenvalue weighted by atomic mass is 19.1. The van der Waals surface area contributed by atoms with Crippen LogP contribution in [0.1, 0.15) is 34.5 Å². The summed E-state index contributed by atoms with van der Waals surface area (Å²) in [6, 6.07) is 21.1. The van der Waals surface area contributed by atoms with Gasteiger partial charge in [0.05, 0.1) is 6.04 Å². The van der Waals surface area contributed by atoms with Crippen LogP contribution in [0, 0.1) is 12.7 Å². The van der Waals surface area contributed by atoms with Crippen LogP contribution in [0.3, 0.4) is 0 Å². The monoisotopic (exact) mass is 427 g/mol. The van der Waals surface area contributed by atoms with Crippen LogP contribution < -0.4 is 10.1 Å². The van der Waals surface area contributed by atoms with Crippen molar-refractivity contribution < 1.29 is 13.9 Å². The van der Waals surface area contributed by atoms with E-state index >= 15 is 0 Å². The number of carbonyl (C=O) groups is 1. The van der Waals surface area contributed by atoms with Gasteiger partial charge in [-0.3, -0.25) is 4.79 Å². The summed E-state index contributed by atoms with van der Waals surface area (Å²) in [5.74, 6) is -0.0198. The first-order chi connectivity index (χ1) is 15.5. The fourth-order valence-corrected chi connectivity index (χ4v) is 3.16. The average molecular weight is 427 g/mol. The van der Waals surface area contributed by atoms with E-state index in [1.54, 1.807) is 24.5 Å². The van der Waals surface area contributed by atoms with Crippen LogP contribution in [0.25, 0.3) is 11.1 Å². The van der Waals surface area contributed by atoms with Crippen LogP contribution in [-0.4, -0.2) is 15.9 Å². The maximum absolute atomic E-state index is 13.0. The van der Waals surface area contributed by atoms with Crippen molar-refractivity contribution in [2.45, 2.75) is 19.9 Å². The maximum atomic E-state index is 13.0. The number of hydrogen-bond donors (Lipinski definition) is 1. The Kier molecular flexibility index (Phi) is 6.22. The molecule has 32 heavy (non-hydrogen) atoms. The highest BCUT2D eigenvalue weighted by Gasteiger charge is 2.12. The van der Waals surface area contributed by atoms with E-state index in [4.69, 9.17) is 4.74 Å². The number of aryl methyl sites for hydroxylation is 1. The fourth-order valence-electron chi connectivity index (χ4n) is 3.16. The van der Waals surface area contributed by atoms with E-state index in [-0.39, 0.29) is 23.8 Å². The summed E-state index contributed by atoms with van der Waals surface area (Å²) in [5.41, 5.74) is 4.48. The molecule has 0 saturated carbocycles. The lowest BCUT2D eigenvalue weighted by Crippen LogP contribution is -2.26. The fraction of sp³-hybridized carbons (Fsp3) is 0.115. The molecule has 3 aromatic carbocycles. The van der Waals surface area contributed by atoms with Crippen molar-refractivity contribution >= 4 is 5.91 Å². The number of aromatic nitrogens is 2. The van der Waals surface area contributed by atoms with Crippen molar-refractivity contribution in [3.05, 3.63) is 108 Å². The molecule has 0 unspecified atom stereocenters. The molecule has 0 fully saturated rings. The number of benzene rings is 3.